The van der Waals surface area contributed by atoms with Crippen molar-refractivity contribution in [2.45, 2.75) is 0 Å². The van der Waals surface area contributed by atoms with E-state index in [0.717, 1.165) is 25.1 Å². The molecule has 2 rings (SSSR count). The Morgan fingerprint density at radius 1 is 1.42 bits per heavy atom. The van der Waals surface area contributed by atoms with Crippen molar-refractivity contribution >= 4 is 29.9 Å². The summed E-state index contributed by atoms with van der Waals surface area (Å²) < 4.78 is 31.1. The number of nitrogens with one attached hydrogen (secondary N) is 1. The second-order valence-electron chi connectivity index (χ2n) is 3.98. The average molecular weight is 383 g/mol. The molecular formula is C12H16F2IN3O. The second kappa shape index (κ2) is 7.46. The van der Waals surface area contributed by atoms with E-state index in [9.17, 15) is 8.78 Å². The van der Waals surface area contributed by atoms with Gasteiger partial charge in [-0.25, -0.2) is 8.78 Å². The Morgan fingerprint density at radius 3 is 2.84 bits per heavy atom. The normalized spacial score (nSPS) is 13.8. The molecule has 0 bridgehead atoms. The first-order chi connectivity index (χ1) is 8.66. The summed E-state index contributed by atoms with van der Waals surface area (Å²) >= 11 is 0. The molecule has 0 radical (unpaired) electrons. The Kier molecular flexibility index (Phi) is 6.26. The van der Waals surface area contributed by atoms with Gasteiger partial charge in [0.1, 0.15) is 12.4 Å². The van der Waals surface area contributed by atoms with Gasteiger partial charge in [0.25, 0.3) is 0 Å². The SMILES string of the molecule is CN1CCN=C1NCCOc1ccc(F)cc1F.I. The third-order valence-corrected chi connectivity index (χ3v) is 2.60. The topological polar surface area (TPSA) is 36.9 Å². The zero-order valence-corrected chi connectivity index (χ0v) is 12.9. The summed E-state index contributed by atoms with van der Waals surface area (Å²) in [6.45, 7) is 2.48. The highest BCUT2D eigenvalue weighted by atomic mass is 127. The van der Waals surface area contributed by atoms with Gasteiger partial charge in [0.15, 0.2) is 17.5 Å². The third kappa shape index (κ3) is 4.48. The molecule has 0 fully saturated rings. The summed E-state index contributed by atoms with van der Waals surface area (Å²) in [6.07, 6.45) is 0. The van der Waals surface area contributed by atoms with Crippen molar-refractivity contribution in [2.24, 2.45) is 4.99 Å². The lowest BCUT2D eigenvalue weighted by atomic mass is 10.3. The minimum atomic E-state index is -0.690. The fourth-order valence-corrected chi connectivity index (χ4v) is 1.64. The van der Waals surface area contributed by atoms with Crippen LogP contribution in [0, 0.1) is 11.6 Å². The van der Waals surface area contributed by atoms with Gasteiger partial charge in [0, 0.05) is 19.7 Å². The lowest BCUT2D eigenvalue weighted by Crippen LogP contribution is -2.37. The maximum atomic E-state index is 13.2. The van der Waals surface area contributed by atoms with Crippen molar-refractivity contribution < 1.29 is 13.5 Å². The quantitative estimate of drug-likeness (QED) is 0.637. The van der Waals surface area contributed by atoms with Crippen LogP contribution in [0.1, 0.15) is 0 Å². The summed E-state index contributed by atoms with van der Waals surface area (Å²) in [6, 6.07) is 3.25. The zero-order chi connectivity index (χ0) is 13.0. The van der Waals surface area contributed by atoms with Gasteiger partial charge in [-0.1, -0.05) is 0 Å². The van der Waals surface area contributed by atoms with Crippen LogP contribution >= 0.6 is 24.0 Å². The summed E-state index contributed by atoms with van der Waals surface area (Å²) in [4.78, 5) is 6.24. The number of ether oxygens (including phenoxy) is 1. The fraction of sp³-hybridized carbons (Fsp3) is 0.417. The molecule has 1 aliphatic rings. The predicted molar refractivity (Wildman–Crippen MR) is 80.2 cm³/mol. The van der Waals surface area contributed by atoms with E-state index in [4.69, 9.17) is 4.74 Å². The van der Waals surface area contributed by atoms with Crippen molar-refractivity contribution in [3.8, 4) is 5.75 Å². The molecule has 106 valence electrons. The molecule has 1 aliphatic heterocycles. The predicted octanol–water partition coefficient (Wildman–Crippen LogP) is 1.85. The molecule has 0 unspecified atom stereocenters. The molecule has 7 heteroatoms. The summed E-state index contributed by atoms with van der Waals surface area (Å²) in [5.74, 6) is -0.427. The molecule has 1 N–H and O–H groups in total. The summed E-state index contributed by atoms with van der Waals surface area (Å²) in [7, 11) is 1.94. The second-order valence-corrected chi connectivity index (χ2v) is 3.98. The maximum Gasteiger partial charge on any atom is 0.193 e. The van der Waals surface area contributed by atoms with E-state index in [1.165, 1.54) is 12.1 Å². The van der Waals surface area contributed by atoms with Crippen molar-refractivity contribution in [3.05, 3.63) is 29.8 Å². The van der Waals surface area contributed by atoms with E-state index in [1.54, 1.807) is 0 Å². The molecule has 0 atom stereocenters. The first kappa shape index (κ1) is 15.9. The minimum Gasteiger partial charge on any atom is -0.489 e. The van der Waals surface area contributed by atoms with Gasteiger partial charge in [-0.2, -0.15) is 0 Å². The van der Waals surface area contributed by atoms with E-state index in [-0.39, 0.29) is 36.3 Å². The monoisotopic (exact) mass is 383 g/mol. The number of nitrogens with zero attached hydrogens (tertiary/aromatic N) is 2. The first-order valence-corrected chi connectivity index (χ1v) is 5.74. The van der Waals surface area contributed by atoms with Crippen LogP contribution in [0.3, 0.4) is 0 Å². The Hall–Kier alpha value is -1.12. The molecule has 1 aromatic rings. The third-order valence-electron chi connectivity index (χ3n) is 2.60. The highest BCUT2D eigenvalue weighted by molar-refractivity contribution is 14.0. The molecule has 0 aliphatic carbocycles. The van der Waals surface area contributed by atoms with Crippen LogP contribution < -0.4 is 10.1 Å². The number of likely N-dealkylation sites (N-methyl/N-ethyl adjacent to an activating group) is 1. The lowest BCUT2D eigenvalue weighted by Gasteiger charge is -2.15. The van der Waals surface area contributed by atoms with Gasteiger partial charge in [0.2, 0.25) is 0 Å². The van der Waals surface area contributed by atoms with Crippen LogP contribution in [0.4, 0.5) is 8.78 Å². The van der Waals surface area contributed by atoms with E-state index in [0.29, 0.717) is 6.54 Å². The van der Waals surface area contributed by atoms with Gasteiger partial charge < -0.3 is 15.0 Å². The van der Waals surface area contributed by atoms with Crippen LogP contribution in [0.15, 0.2) is 23.2 Å². The maximum absolute atomic E-state index is 13.2. The summed E-state index contributed by atoms with van der Waals surface area (Å²) in [5, 5.41) is 3.09. The van der Waals surface area contributed by atoms with Crippen molar-refractivity contribution in [1.82, 2.24) is 10.2 Å². The molecule has 0 aromatic heterocycles. The molecule has 4 nitrogen and oxygen atoms in total. The van der Waals surface area contributed by atoms with Crippen LogP contribution in [0.5, 0.6) is 5.75 Å². The van der Waals surface area contributed by atoms with Gasteiger partial charge >= 0.3 is 0 Å². The Balaban J connectivity index is 0.00000180. The molecule has 1 heterocycles. The smallest absolute Gasteiger partial charge is 0.193 e. The highest BCUT2D eigenvalue weighted by Crippen LogP contribution is 2.17. The molecule has 0 amide bonds. The summed E-state index contributed by atoms with van der Waals surface area (Å²) in [5.41, 5.74) is 0. The van der Waals surface area contributed by atoms with Crippen LogP contribution in [-0.2, 0) is 0 Å². The molecular weight excluding hydrogens is 367 g/mol. The number of aliphatic imine (C=N–C) groups is 1. The first-order valence-electron chi connectivity index (χ1n) is 5.74. The van der Waals surface area contributed by atoms with Gasteiger partial charge in [-0.15, -0.1) is 24.0 Å². The Morgan fingerprint density at radius 2 is 2.21 bits per heavy atom. The van der Waals surface area contributed by atoms with Crippen molar-refractivity contribution in [1.29, 1.82) is 0 Å². The van der Waals surface area contributed by atoms with E-state index >= 15 is 0 Å². The Bertz CT molecular complexity index is 457. The zero-order valence-electron chi connectivity index (χ0n) is 10.5. The average Bonchev–Trinajstić information content (AvgIpc) is 2.73. The molecule has 0 saturated carbocycles. The van der Waals surface area contributed by atoms with Gasteiger partial charge in [-0.05, 0) is 12.1 Å². The number of guanidine groups is 1. The van der Waals surface area contributed by atoms with Crippen LogP contribution in [0.2, 0.25) is 0 Å². The number of halogens is 3. The standard InChI is InChI=1S/C12H15F2N3O.HI/c1-17-6-4-15-12(17)16-5-7-18-11-3-2-9(13)8-10(11)14;/h2-3,8H,4-7H2,1H3,(H,15,16);1H. The minimum absolute atomic E-state index is 0. The largest absolute Gasteiger partial charge is 0.489 e. The van der Waals surface area contributed by atoms with Crippen LogP contribution in [-0.4, -0.2) is 44.1 Å². The number of hydrogen-bond acceptors (Lipinski definition) is 4. The molecule has 19 heavy (non-hydrogen) atoms. The highest BCUT2D eigenvalue weighted by Gasteiger charge is 2.11. The molecule has 1 aromatic carbocycles. The van der Waals surface area contributed by atoms with E-state index < -0.39 is 11.6 Å². The number of rotatable bonds is 4. The fourth-order valence-electron chi connectivity index (χ4n) is 1.64. The lowest BCUT2D eigenvalue weighted by molar-refractivity contribution is 0.303. The van der Waals surface area contributed by atoms with Crippen molar-refractivity contribution in [2.75, 3.05) is 33.3 Å². The van der Waals surface area contributed by atoms with E-state index in [2.05, 4.69) is 10.3 Å². The van der Waals surface area contributed by atoms with Gasteiger partial charge in [0.05, 0.1) is 13.1 Å². The van der Waals surface area contributed by atoms with Gasteiger partial charge in [-0.3, -0.25) is 4.99 Å². The molecule has 0 spiro atoms. The van der Waals surface area contributed by atoms with E-state index in [1.807, 2.05) is 11.9 Å². The number of benzene rings is 1. The van der Waals surface area contributed by atoms with Crippen molar-refractivity contribution in [3.63, 3.8) is 0 Å². The Labute approximate surface area is 127 Å². The molecule has 0 saturated heterocycles. The van der Waals surface area contributed by atoms with Crippen LogP contribution in [0.25, 0.3) is 0 Å². The number of hydrogen-bond donors (Lipinski definition) is 1.